The summed E-state index contributed by atoms with van der Waals surface area (Å²) in [7, 11) is -0.559. The molecule has 11 heteroatoms. The van der Waals surface area contributed by atoms with Gasteiger partial charge in [0.2, 0.25) is 10.0 Å². The second-order valence-electron chi connectivity index (χ2n) is 7.38. The lowest BCUT2D eigenvalue weighted by molar-refractivity contribution is 0.0569. The molecule has 31 heavy (non-hydrogen) atoms. The van der Waals surface area contributed by atoms with Crippen molar-refractivity contribution in [3.63, 3.8) is 0 Å². The van der Waals surface area contributed by atoms with Crippen molar-refractivity contribution in [2.24, 2.45) is 12.8 Å². The van der Waals surface area contributed by atoms with Crippen LogP contribution in [0.3, 0.4) is 0 Å². The molecule has 1 aromatic heterocycles. The molecule has 3 rings (SSSR count). The van der Waals surface area contributed by atoms with E-state index >= 15 is 0 Å². The van der Waals surface area contributed by atoms with Crippen molar-refractivity contribution < 1.29 is 27.8 Å². The molecule has 0 aliphatic carbocycles. The molecule has 0 radical (unpaired) electrons. The lowest BCUT2D eigenvalue weighted by atomic mass is 10.3. The Balaban J connectivity index is 1.49. The van der Waals surface area contributed by atoms with E-state index in [2.05, 4.69) is 0 Å². The number of sulfonamides is 1. The molecule has 10 nitrogen and oxygen atoms in total. The largest absolute Gasteiger partial charge is 0.497 e. The smallest absolute Gasteiger partial charge is 0.265 e. The number of aliphatic hydroxyl groups excluding tert-OH is 1. The number of β-amino-alcohol motifs (C(OH)–C–C–N with tert-alkyl or cyclic N) is 1. The van der Waals surface area contributed by atoms with Crippen LogP contribution in [0.1, 0.15) is 10.5 Å². The number of primary amides is 1. The van der Waals surface area contributed by atoms with E-state index in [9.17, 15) is 18.3 Å². The van der Waals surface area contributed by atoms with E-state index in [1.807, 2.05) is 4.90 Å². The Morgan fingerprint density at radius 2 is 1.77 bits per heavy atom. The molecule has 170 valence electrons. The normalized spacial score (nSPS) is 16.7. The molecule has 1 aliphatic heterocycles. The summed E-state index contributed by atoms with van der Waals surface area (Å²) in [5.74, 6) is 0.677. The Morgan fingerprint density at radius 1 is 1.16 bits per heavy atom. The minimum absolute atomic E-state index is 0.0465. The van der Waals surface area contributed by atoms with E-state index in [1.165, 1.54) is 21.1 Å². The highest BCUT2D eigenvalue weighted by atomic mass is 32.2. The summed E-state index contributed by atoms with van der Waals surface area (Å²) in [6, 6.07) is 8.39. The van der Waals surface area contributed by atoms with Crippen molar-refractivity contribution in [3.8, 4) is 11.5 Å². The Morgan fingerprint density at radius 3 is 2.32 bits per heavy atom. The predicted octanol–water partition coefficient (Wildman–Crippen LogP) is -0.121. The molecule has 2 aromatic rings. The summed E-state index contributed by atoms with van der Waals surface area (Å²) >= 11 is 0. The van der Waals surface area contributed by atoms with Gasteiger partial charge in [0.25, 0.3) is 5.91 Å². The number of aryl methyl sites for hydroxylation is 1. The molecule has 3 N–H and O–H groups in total. The number of nitrogens with two attached hydrogens (primary N) is 1. The molecular weight excluding hydrogens is 424 g/mol. The number of hydrogen-bond acceptors (Lipinski definition) is 7. The number of benzene rings is 1. The van der Waals surface area contributed by atoms with Crippen molar-refractivity contribution in [2.75, 3.05) is 46.4 Å². The predicted molar refractivity (Wildman–Crippen MR) is 114 cm³/mol. The maximum absolute atomic E-state index is 12.9. The van der Waals surface area contributed by atoms with Gasteiger partial charge in [0.15, 0.2) is 0 Å². The molecule has 0 spiro atoms. The topological polar surface area (TPSA) is 127 Å². The number of amides is 1. The second kappa shape index (κ2) is 9.69. The number of carbonyl (C=O) groups is 1. The molecule has 0 saturated carbocycles. The number of aromatic nitrogens is 1. The first-order chi connectivity index (χ1) is 14.7. The van der Waals surface area contributed by atoms with Crippen molar-refractivity contribution in [2.45, 2.75) is 11.0 Å². The summed E-state index contributed by atoms with van der Waals surface area (Å²) < 4.78 is 39.2. The van der Waals surface area contributed by atoms with E-state index in [4.69, 9.17) is 15.2 Å². The molecule has 1 fully saturated rings. The van der Waals surface area contributed by atoms with Gasteiger partial charge in [-0.05, 0) is 30.3 Å². The quantitative estimate of drug-likeness (QED) is 0.543. The fraction of sp³-hybridized carbons (Fsp3) is 0.450. The van der Waals surface area contributed by atoms with E-state index < -0.39 is 22.0 Å². The summed E-state index contributed by atoms with van der Waals surface area (Å²) in [4.78, 5) is 13.4. The summed E-state index contributed by atoms with van der Waals surface area (Å²) in [6.07, 6.45) is 0.680. The van der Waals surface area contributed by atoms with Crippen LogP contribution < -0.4 is 15.2 Å². The maximum atomic E-state index is 12.9. The Hall–Kier alpha value is -2.60. The first kappa shape index (κ1) is 23.1. The lowest BCUT2D eigenvalue weighted by Crippen LogP contribution is -2.50. The number of nitrogens with zero attached hydrogens (tertiary/aromatic N) is 3. The number of ether oxygens (including phenoxy) is 2. The zero-order valence-electron chi connectivity index (χ0n) is 17.6. The first-order valence-electron chi connectivity index (χ1n) is 9.84. The molecule has 1 amide bonds. The second-order valence-corrected chi connectivity index (χ2v) is 9.32. The average molecular weight is 453 g/mol. The highest BCUT2D eigenvalue weighted by Gasteiger charge is 2.30. The number of aliphatic hydroxyl groups is 1. The fourth-order valence-electron chi connectivity index (χ4n) is 3.44. The monoisotopic (exact) mass is 452 g/mol. The fourth-order valence-corrected chi connectivity index (χ4v) is 4.93. The SMILES string of the molecule is COc1ccc(OC[C@H](O)CN2CCN(S(=O)(=O)c3cc(C(N)=O)n(C)c3)CC2)cc1. The molecule has 0 unspecified atom stereocenters. The summed E-state index contributed by atoms with van der Waals surface area (Å²) in [5, 5.41) is 10.3. The Bertz CT molecular complexity index is 997. The van der Waals surface area contributed by atoms with Gasteiger partial charge in [0.1, 0.15) is 34.8 Å². The number of hydrogen-bond donors (Lipinski definition) is 2. The third kappa shape index (κ3) is 5.56. The zero-order valence-corrected chi connectivity index (χ0v) is 18.4. The van der Waals surface area contributed by atoms with Gasteiger partial charge in [-0.1, -0.05) is 0 Å². The molecule has 1 saturated heterocycles. The summed E-state index contributed by atoms with van der Waals surface area (Å²) in [5.41, 5.74) is 5.41. The maximum Gasteiger partial charge on any atom is 0.265 e. The van der Waals surface area contributed by atoms with E-state index in [1.54, 1.807) is 38.4 Å². The number of rotatable bonds is 9. The van der Waals surface area contributed by atoms with Crippen molar-refractivity contribution in [1.82, 2.24) is 13.8 Å². The van der Waals surface area contributed by atoms with Crippen LogP contribution >= 0.6 is 0 Å². The van der Waals surface area contributed by atoms with E-state index in [0.29, 0.717) is 25.4 Å². The standard InChI is InChI=1S/C20H28N4O6S/c1-22-13-18(11-19(22)20(21)26)31(27,28)24-9-7-23(8-10-24)12-15(25)14-30-17-5-3-16(29-2)4-6-17/h3-6,11,13,15,25H,7-10,12,14H2,1-2H3,(H2,21,26)/t15-/m1/s1. The van der Waals surface area contributed by atoms with Crippen LogP contribution in [0.2, 0.25) is 0 Å². The number of methoxy groups -OCH3 is 1. The summed E-state index contributed by atoms with van der Waals surface area (Å²) in [6.45, 7) is 2.04. The number of carbonyl (C=O) groups excluding carboxylic acids is 1. The Kier molecular flexibility index (Phi) is 7.21. The van der Waals surface area contributed by atoms with Gasteiger partial charge in [-0.15, -0.1) is 0 Å². The lowest BCUT2D eigenvalue weighted by Gasteiger charge is -2.34. The van der Waals surface area contributed by atoms with E-state index in [-0.39, 0.29) is 30.3 Å². The van der Waals surface area contributed by atoms with Crippen molar-refractivity contribution >= 4 is 15.9 Å². The van der Waals surface area contributed by atoms with Crippen LogP contribution in [-0.4, -0.2) is 85.7 Å². The van der Waals surface area contributed by atoms with Crippen LogP contribution in [-0.2, 0) is 17.1 Å². The van der Waals surface area contributed by atoms with Gasteiger partial charge in [-0.2, -0.15) is 4.31 Å². The molecule has 2 heterocycles. The molecular formula is C20H28N4O6S. The minimum atomic E-state index is -3.72. The van der Waals surface area contributed by atoms with Crippen molar-refractivity contribution in [3.05, 3.63) is 42.2 Å². The first-order valence-corrected chi connectivity index (χ1v) is 11.3. The highest BCUT2D eigenvalue weighted by Crippen LogP contribution is 2.20. The van der Waals surface area contributed by atoms with Crippen molar-refractivity contribution in [1.29, 1.82) is 0 Å². The highest BCUT2D eigenvalue weighted by molar-refractivity contribution is 7.89. The van der Waals surface area contributed by atoms with Crippen LogP contribution in [0.15, 0.2) is 41.4 Å². The van der Waals surface area contributed by atoms with E-state index in [0.717, 1.165) is 5.75 Å². The van der Waals surface area contributed by atoms with Gasteiger partial charge in [-0.25, -0.2) is 8.42 Å². The third-order valence-electron chi connectivity index (χ3n) is 5.17. The molecule has 1 atom stereocenters. The number of piperazine rings is 1. The Labute approximate surface area is 181 Å². The van der Waals surface area contributed by atoms with Crippen LogP contribution in [0.4, 0.5) is 0 Å². The van der Waals surface area contributed by atoms with Crippen LogP contribution in [0.5, 0.6) is 11.5 Å². The molecule has 1 aliphatic rings. The van der Waals surface area contributed by atoms with Gasteiger partial charge < -0.3 is 24.9 Å². The molecule has 0 bridgehead atoms. The van der Waals surface area contributed by atoms with Crippen LogP contribution in [0, 0.1) is 0 Å². The van der Waals surface area contributed by atoms with Crippen LogP contribution in [0.25, 0.3) is 0 Å². The van der Waals surface area contributed by atoms with Gasteiger partial charge in [-0.3, -0.25) is 9.69 Å². The molecule has 1 aromatic carbocycles. The average Bonchev–Trinajstić information content (AvgIpc) is 3.16. The van der Waals surface area contributed by atoms with Gasteiger partial charge in [0, 0.05) is 46.0 Å². The zero-order chi connectivity index (χ0) is 22.6. The van der Waals surface area contributed by atoms with Gasteiger partial charge >= 0.3 is 0 Å². The minimum Gasteiger partial charge on any atom is -0.497 e. The van der Waals surface area contributed by atoms with Gasteiger partial charge in [0.05, 0.1) is 7.11 Å². The third-order valence-corrected chi connectivity index (χ3v) is 7.04.